The largest absolute Gasteiger partial charge is 0.398 e. The maximum absolute atomic E-state index is 11.0. The lowest BCUT2D eigenvalue weighted by Gasteiger charge is -2.15. The molecule has 0 aromatic heterocycles. The van der Waals surface area contributed by atoms with Crippen molar-refractivity contribution in [1.29, 1.82) is 0 Å². The van der Waals surface area contributed by atoms with Gasteiger partial charge in [0.15, 0.2) is 0 Å². The highest BCUT2D eigenvalue weighted by Crippen LogP contribution is 2.34. The molecular formula is C19H27N5O. The summed E-state index contributed by atoms with van der Waals surface area (Å²) in [6.45, 7) is 3.75. The van der Waals surface area contributed by atoms with Gasteiger partial charge in [-0.2, -0.15) is 0 Å². The quantitative estimate of drug-likeness (QED) is 0.520. The molecule has 1 aliphatic heterocycles. The minimum Gasteiger partial charge on any atom is -0.398 e. The summed E-state index contributed by atoms with van der Waals surface area (Å²) in [5, 5.41) is 9.59. The first-order valence-corrected chi connectivity index (χ1v) is 8.79. The van der Waals surface area contributed by atoms with Crippen molar-refractivity contribution >= 4 is 17.3 Å². The molecule has 2 atom stereocenters. The highest BCUT2D eigenvalue weighted by Gasteiger charge is 2.37. The van der Waals surface area contributed by atoms with Crippen LogP contribution in [-0.4, -0.2) is 25.0 Å². The van der Waals surface area contributed by atoms with E-state index in [0.29, 0.717) is 17.6 Å². The van der Waals surface area contributed by atoms with Crippen LogP contribution in [0.25, 0.3) is 5.70 Å². The Labute approximate surface area is 148 Å². The van der Waals surface area contributed by atoms with E-state index in [1.165, 1.54) is 19.8 Å². The summed E-state index contributed by atoms with van der Waals surface area (Å²) in [5.41, 5.74) is 14.5. The minimum atomic E-state index is -0.0927. The van der Waals surface area contributed by atoms with E-state index in [1.54, 1.807) is 0 Å². The average Bonchev–Trinajstić information content (AvgIpc) is 3.14. The molecule has 1 amide bonds. The number of hydrogen-bond acceptors (Lipinski definition) is 5. The average molecular weight is 341 g/mol. The molecule has 134 valence electrons. The molecule has 1 aromatic rings. The summed E-state index contributed by atoms with van der Waals surface area (Å²) >= 11 is 0. The van der Waals surface area contributed by atoms with Crippen molar-refractivity contribution < 1.29 is 4.79 Å². The number of hydrogen-bond donors (Lipinski definition) is 5. The Balaban J connectivity index is 1.56. The van der Waals surface area contributed by atoms with Crippen LogP contribution in [0.15, 0.2) is 42.2 Å². The normalized spacial score (nSPS) is 26.4. The van der Waals surface area contributed by atoms with Crippen LogP contribution in [0.2, 0.25) is 0 Å². The smallest absolute Gasteiger partial charge is 0.221 e. The van der Waals surface area contributed by atoms with Crippen molar-refractivity contribution in [3.8, 4) is 0 Å². The molecule has 0 bridgehead atoms. The Kier molecular flexibility index (Phi) is 5.28. The van der Waals surface area contributed by atoms with Crippen LogP contribution in [0.5, 0.6) is 0 Å². The van der Waals surface area contributed by atoms with Gasteiger partial charge in [-0.1, -0.05) is 12.1 Å². The van der Waals surface area contributed by atoms with Crippen molar-refractivity contribution in [3.63, 3.8) is 0 Å². The maximum atomic E-state index is 11.0. The molecule has 2 unspecified atom stereocenters. The van der Waals surface area contributed by atoms with Gasteiger partial charge in [-0.3, -0.25) is 4.79 Å². The van der Waals surface area contributed by atoms with E-state index in [4.69, 9.17) is 11.5 Å². The van der Waals surface area contributed by atoms with Crippen molar-refractivity contribution in [2.45, 2.75) is 25.8 Å². The van der Waals surface area contributed by atoms with Crippen LogP contribution in [0, 0.1) is 11.8 Å². The molecule has 1 saturated carbocycles. The lowest BCUT2D eigenvalue weighted by Crippen LogP contribution is -2.31. The van der Waals surface area contributed by atoms with Gasteiger partial charge in [0, 0.05) is 24.4 Å². The Bertz CT molecular complexity index is 668. The Morgan fingerprint density at radius 3 is 2.36 bits per heavy atom. The second-order valence-electron chi connectivity index (χ2n) is 6.99. The maximum Gasteiger partial charge on any atom is 0.221 e. The van der Waals surface area contributed by atoms with Gasteiger partial charge < -0.3 is 27.4 Å². The number of amides is 1. The molecule has 0 spiro atoms. The molecule has 1 saturated heterocycles. The molecule has 1 heterocycles. The van der Waals surface area contributed by atoms with Crippen molar-refractivity contribution in [2.75, 3.05) is 18.4 Å². The minimum absolute atomic E-state index is 0.0927. The van der Waals surface area contributed by atoms with Gasteiger partial charge in [0.25, 0.3) is 0 Å². The summed E-state index contributed by atoms with van der Waals surface area (Å²) in [6.07, 6.45) is 5.99. The second-order valence-corrected chi connectivity index (χ2v) is 6.99. The number of benzene rings is 1. The third-order valence-corrected chi connectivity index (χ3v) is 5.01. The molecule has 2 aliphatic rings. The fraction of sp³-hybridized carbons (Fsp3) is 0.421. The van der Waals surface area contributed by atoms with Crippen LogP contribution in [-0.2, 0) is 4.79 Å². The zero-order chi connectivity index (χ0) is 17.8. The topological polar surface area (TPSA) is 105 Å². The third kappa shape index (κ3) is 4.54. The van der Waals surface area contributed by atoms with Gasteiger partial charge in [-0.05, 0) is 67.6 Å². The van der Waals surface area contributed by atoms with E-state index < -0.39 is 0 Å². The van der Waals surface area contributed by atoms with Crippen molar-refractivity contribution in [3.05, 3.63) is 47.8 Å². The molecular weight excluding hydrogens is 314 g/mol. The van der Waals surface area contributed by atoms with Crippen LogP contribution in [0.3, 0.4) is 0 Å². The number of carbonyl (C=O) groups excluding carboxylic acids is 1. The molecule has 6 heteroatoms. The number of nitrogens with one attached hydrogen (secondary N) is 3. The molecule has 7 N–H and O–H groups in total. The SMILES string of the molecule is CC(=O)Nc1ccc(/C(N)=C/C=C(\N)NC2CC3CNCC3C2)cc1. The first kappa shape index (κ1) is 17.4. The van der Waals surface area contributed by atoms with E-state index in [2.05, 4.69) is 16.0 Å². The molecule has 1 aliphatic carbocycles. The summed E-state index contributed by atoms with van der Waals surface area (Å²) < 4.78 is 0. The number of fused-ring (bicyclic) bond motifs is 1. The third-order valence-electron chi connectivity index (χ3n) is 5.01. The van der Waals surface area contributed by atoms with E-state index in [9.17, 15) is 4.79 Å². The Morgan fingerprint density at radius 1 is 1.12 bits per heavy atom. The van der Waals surface area contributed by atoms with Gasteiger partial charge in [-0.25, -0.2) is 0 Å². The number of rotatable bonds is 5. The van der Waals surface area contributed by atoms with Crippen molar-refractivity contribution in [2.24, 2.45) is 23.3 Å². The van der Waals surface area contributed by atoms with Gasteiger partial charge in [0.1, 0.15) is 0 Å². The highest BCUT2D eigenvalue weighted by atomic mass is 16.1. The van der Waals surface area contributed by atoms with E-state index in [1.807, 2.05) is 36.4 Å². The first-order chi connectivity index (χ1) is 12.0. The summed E-state index contributed by atoms with van der Waals surface area (Å²) in [5.74, 6) is 2.13. The lowest BCUT2D eigenvalue weighted by atomic mass is 10.0. The predicted octanol–water partition coefficient (Wildman–Crippen LogP) is 1.33. The Hall–Kier alpha value is -2.47. The molecule has 3 rings (SSSR count). The zero-order valence-electron chi connectivity index (χ0n) is 14.6. The first-order valence-electron chi connectivity index (χ1n) is 8.79. The lowest BCUT2D eigenvalue weighted by molar-refractivity contribution is -0.114. The number of nitrogens with two attached hydrogens (primary N) is 2. The summed E-state index contributed by atoms with van der Waals surface area (Å²) in [7, 11) is 0. The van der Waals surface area contributed by atoms with Gasteiger partial charge in [0.05, 0.1) is 5.82 Å². The highest BCUT2D eigenvalue weighted by molar-refractivity contribution is 5.88. The summed E-state index contributed by atoms with van der Waals surface area (Å²) in [6, 6.07) is 7.86. The van der Waals surface area contributed by atoms with Crippen molar-refractivity contribution in [1.82, 2.24) is 10.6 Å². The Morgan fingerprint density at radius 2 is 1.76 bits per heavy atom. The fourth-order valence-corrected chi connectivity index (χ4v) is 3.79. The predicted molar refractivity (Wildman–Crippen MR) is 101 cm³/mol. The summed E-state index contributed by atoms with van der Waals surface area (Å²) in [4.78, 5) is 11.0. The second kappa shape index (κ2) is 7.61. The number of carbonyl (C=O) groups is 1. The van der Waals surface area contributed by atoms with Crippen LogP contribution < -0.4 is 27.4 Å². The van der Waals surface area contributed by atoms with Gasteiger partial charge >= 0.3 is 0 Å². The molecule has 6 nitrogen and oxygen atoms in total. The standard InChI is InChI=1S/C19H27N5O/c1-12(25)23-16-4-2-13(3-5-16)18(20)6-7-19(21)24-17-8-14-10-22-11-15(14)9-17/h2-7,14-15,17,22,24H,8-11,20-21H2,1H3,(H,23,25)/b18-6-,19-7+. The van der Waals surface area contributed by atoms with Gasteiger partial charge in [-0.15, -0.1) is 0 Å². The van der Waals surface area contributed by atoms with Crippen LogP contribution >= 0.6 is 0 Å². The monoisotopic (exact) mass is 341 g/mol. The van der Waals surface area contributed by atoms with E-state index in [-0.39, 0.29) is 5.91 Å². The molecule has 2 fully saturated rings. The van der Waals surface area contributed by atoms with E-state index in [0.717, 1.165) is 36.2 Å². The zero-order valence-corrected chi connectivity index (χ0v) is 14.6. The molecule has 0 radical (unpaired) electrons. The number of allylic oxidation sites excluding steroid dienone is 2. The molecule has 25 heavy (non-hydrogen) atoms. The van der Waals surface area contributed by atoms with Crippen LogP contribution in [0.1, 0.15) is 25.3 Å². The molecule has 1 aromatic carbocycles. The fourth-order valence-electron chi connectivity index (χ4n) is 3.79. The van der Waals surface area contributed by atoms with Gasteiger partial charge in [0.2, 0.25) is 5.91 Å². The van der Waals surface area contributed by atoms with Crippen LogP contribution in [0.4, 0.5) is 5.69 Å². The number of anilines is 1. The van der Waals surface area contributed by atoms with E-state index >= 15 is 0 Å².